The number of ether oxygens (including phenoxy) is 2. The summed E-state index contributed by atoms with van der Waals surface area (Å²) in [5.74, 6) is -2.25. The molecule has 0 aromatic rings. The van der Waals surface area contributed by atoms with Crippen molar-refractivity contribution in [1.29, 1.82) is 0 Å². The standard InChI is InChI=1S/C52H102O5/c1-5-7-9-11-13-15-17-19-21-23-25-30-34-38-42-46-50(53)56-52(55,48-44-40-36-32-28-27-29-33-37-41-45-49(3)4)57-51(54)47-43-39-35-31-26-24-22-20-18-16-14-12-10-8-6-2/h49,55H,5-48H2,1-4H3. The van der Waals surface area contributed by atoms with E-state index in [9.17, 15) is 14.7 Å². The molecule has 1 N–H and O–H groups in total. The van der Waals surface area contributed by atoms with Crippen LogP contribution in [0.25, 0.3) is 0 Å². The largest absolute Gasteiger partial charge is 0.398 e. The summed E-state index contributed by atoms with van der Waals surface area (Å²) < 4.78 is 11.1. The number of esters is 2. The number of hydrogen-bond acceptors (Lipinski definition) is 5. The van der Waals surface area contributed by atoms with Crippen LogP contribution in [0, 0.1) is 5.92 Å². The van der Waals surface area contributed by atoms with Gasteiger partial charge in [-0.1, -0.05) is 272 Å². The van der Waals surface area contributed by atoms with E-state index in [0.717, 1.165) is 57.3 Å². The molecule has 0 rings (SSSR count). The first-order chi connectivity index (χ1) is 27.8. The minimum Gasteiger partial charge on any atom is -0.398 e. The Labute approximate surface area is 357 Å². The zero-order chi connectivity index (χ0) is 41.8. The van der Waals surface area contributed by atoms with Crippen molar-refractivity contribution in [2.75, 3.05) is 0 Å². The number of aliphatic hydroxyl groups is 1. The van der Waals surface area contributed by atoms with Gasteiger partial charge in [-0.25, -0.2) is 0 Å². The van der Waals surface area contributed by atoms with Crippen molar-refractivity contribution >= 4 is 11.9 Å². The monoisotopic (exact) mass is 807 g/mol. The van der Waals surface area contributed by atoms with Gasteiger partial charge < -0.3 is 14.6 Å². The molecular weight excluding hydrogens is 705 g/mol. The van der Waals surface area contributed by atoms with Crippen molar-refractivity contribution in [2.24, 2.45) is 5.92 Å². The number of carbonyl (C=O) groups excluding carboxylic acids is 2. The predicted octanol–water partition coefficient (Wildman–Crippen LogP) is 17.6. The van der Waals surface area contributed by atoms with Crippen LogP contribution in [0.3, 0.4) is 0 Å². The lowest BCUT2D eigenvalue weighted by Gasteiger charge is -2.27. The molecule has 5 heteroatoms. The Morgan fingerprint density at radius 2 is 0.596 bits per heavy atom. The Bertz CT molecular complexity index is 777. The molecule has 0 atom stereocenters. The molecular formula is C52H102O5. The smallest absolute Gasteiger partial charge is 0.373 e. The molecule has 5 nitrogen and oxygen atoms in total. The van der Waals surface area contributed by atoms with E-state index in [4.69, 9.17) is 9.47 Å². The van der Waals surface area contributed by atoms with Crippen LogP contribution in [0.4, 0.5) is 0 Å². The van der Waals surface area contributed by atoms with Crippen LogP contribution < -0.4 is 0 Å². The molecule has 0 saturated heterocycles. The molecule has 0 aliphatic rings. The highest BCUT2D eigenvalue weighted by atomic mass is 16.8. The molecule has 0 heterocycles. The van der Waals surface area contributed by atoms with Crippen LogP contribution in [-0.2, 0) is 19.1 Å². The summed E-state index contributed by atoms with van der Waals surface area (Å²) in [7, 11) is 0. The van der Waals surface area contributed by atoms with Crippen LogP contribution in [0.5, 0.6) is 0 Å². The molecule has 0 spiro atoms. The fraction of sp³-hybridized carbons (Fsp3) is 0.962. The van der Waals surface area contributed by atoms with E-state index in [1.807, 2.05) is 0 Å². The maximum Gasteiger partial charge on any atom is 0.373 e. The third-order valence-corrected chi connectivity index (χ3v) is 12.0. The SMILES string of the molecule is CCCCCCCCCCCCCCCCCC(=O)OC(O)(CCCCCCCCCCCCC(C)C)OC(=O)CCCCCCCCCCCCCCCCC. The van der Waals surface area contributed by atoms with Gasteiger partial charge in [0.15, 0.2) is 0 Å². The maximum absolute atomic E-state index is 12.8. The van der Waals surface area contributed by atoms with E-state index < -0.39 is 17.9 Å². The molecule has 57 heavy (non-hydrogen) atoms. The summed E-state index contributed by atoms with van der Waals surface area (Å²) in [4.78, 5) is 25.7. The summed E-state index contributed by atoms with van der Waals surface area (Å²) in [6, 6.07) is 0. The molecule has 0 bridgehead atoms. The van der Waals surface area contributed by atoms with Gasteiger partial charge in [0.05, 0.1) is 6.42 Å². The third-order valence-electron chi connectivity index (χ3n) is 12.0. The molecule has 0 radical (unpaired) electrons. The van der Waals surface area contributed by atoms with Crippen LogP contribution in [0.2, 0.25) is 0 Å². The fourth-order valence-corrected chi connectivity index (χ4v) is 8.18. The summed E-state index contributed by atoms with van der Waals surface area (Å²) in [6.45, 7) is 9.16. The zero-order valence-electron chi connectivity index (χ0n) is 39.3. The topological polar surface area (TPSA) is 72.8 Å². The summed E-state index contributed by atoms with van der Waals surface area (Å²) in [5, 5.41) is 11.3. The Kier molecular flexibility index (Phi) is 43.6. The Balaban J connectivity index is 4.32. The van der Waals surface area contributed by atoms with Crippen LogP contribution >= 0.6 is 0 Å². The maximum atomic E-state index is 12.8. The molecule has 340 valence electrons. The van der Waals surface area contributed by atoms with E-state index in [2.05, 4.69) is 27.7 Å². The molecule has 0 saturated carbocycles. The quantitative estimate of drug-likeness (QED) is 0.0377. The van der Waals surface area contributed by atoms with Crippen LogP contribution in [-0.4, -0.2) is 23.0 Å². The Morgan fingerprint density at radius 1 is 0.368 bits per heavy atom. The van der Waals surface area contributed by atoms with Gasteiger partial charge in [-0.3, -0.25) is 9.59 Å². The van der Waals surface area contributed by atoms with Gasteiger partial charge in [-0.15, -0.1) is 0 Å². The molecule has 0 aromatic heterocycles. The highest BCUT2D eigenvalue weighted by Crippen LogP contribution is 2.24. The van der Waals surface area contributed by atoms with Gasteiger partial charge in [0.2, 0.25) is 0 Å². The first kappa shape index (κ1) is 55.9. The first-order valence-electron chi connectivity index (χ1n) is 26.0. The average molecular weight is 807 g/mol. The van der Waals surface area contributed by atoms with Crippen LogP contribution in [0.15, 0.2) is 0 Å². The Morgan fingerprint density at radius 3 is 0.860 bits per heavy atom. The van der Waals surface area contributed by atoms with Crippen LogP contribution in [0.1, 0.15) is 310 Å². The minimum atomic E-state index is -2.14. The highest BCUT2D eigenvalue weighted by Gasteiger charge is 2.35. The Hall–Kier alpha value is -1.10. The number of rotatable bonds is 47. The highest BCUT2D eigenvalue weighted by molar-refractivity contribution is 5.71. The van der Waals surface area contributed by atoms with Crippen molar-refractivity contribution in [1.82, 2.24) is 0 Å². The lowest BCUT2D eigenvalue weighted by molar-refractivity contribution is -0.328. The third kappa shape index (κ3) is 44.3. The van der Waals surface area contributed by atoms with E-state index >= 15 is 0 Å². The van der Waals surface area contributed by atoms with Crippen molar-refractivity contribution in [3.05, 3.63) is 0 Å². The number of carbonyl (C=O) groups is 2. The van der Waals surface area contributed by atoms with Crippen molar-refractivity contribution in [3.63, 3.8) is 0 Å². The first-order valence-corrected chi connectivity index (χ1v) is 26.0. The summed E-state index contributed by atoms with van der Waals surface area (Å²) >= 11 is 0. The van der Waals surface area contributed by atoms with Crippen molar-refractivity contribution in [3.8, 4) is 0 Å². The summed E-state index contributed by atoms with van der Waals surface area (Å²) in [6.07, 6.45) is 51.9. The lowest BCUT2D eigenvalue weighted by atomic mass is 10.0. The number of unbranched alkanes of at least 4 members (excludes halogenated alkanes) is 37. The van der Waals surface area contributed by atoms with E-state index in [1.165, 1.54) is 205 Å². The molecule has 0 unspecified atom stereocenters. The molecule has 0 aromatic carbocycles. The molecule has 0 fully saturated rings. The molecule has 0 aliphatic carbocycles. The predicted molar refractivity (Wildman–Crippen MR) is 246 cm³/mol. The van der Waals surface area contributed by atoms with Crippen molar-refractivity contribution in [2.45, 2.75) is 316 Å². The van der Waals surface area contributed by atoms with Gasteiger partial charge in [0, 0.05) is 12.8 Å². The molecule has 0 aliphatic heterocycles. The van der Waals surface area contributed by atoms with E-state index in [-0.39, 0.29) is 19.3 Å². The van der Waals surface area contributed by atoms with Gasteiger partial charge in [0.1, 0.15) is 0 Å². The van der Waals surface area contributed by atoms with E-state index in [0.29, 0.717) is 6.42 Å². The van der Waals surface area contributed by atoms with Gasteiger partial charge >= 0.3 is 17.9 Å². The zero-order valence-corrected chi connectivity index (χ0v) is 39.3. The normalized spacial score (nSPS) is 11.8. The van der Waals surface area contributed by atoms with E-state index in [1.54, 1.807) is 0 Å². The fourth-order valence-electron chi connectivity index (χ4n) is 8.18. The summed E-state index contributed by atoms with van der Waals surface area (Å²) in [5.41, 5.74) is 0. The second-order valence-electron chi connectivity index (χ2n) is 18.5. The lowest BCUT2D eigenvalue weighted by Crippen LogP contribution is -2.40. The average Bonchev–Trinajstić information content (AvgIpc) is 3.18. The molecule has 0 amide bonds. The van der Waals surface area contributed by atoms with Gasteiger partial charge in [-0.2, -0.15) is 0 Å². The minimum absolute atomic E-state index is 0.151. The van der Waals surface area contributed by atoms with Crippen molar-refractivity contribution < 1.29 is 24.2 Å². The second-order valence-corrected chi connectivity index (χ2v) is 18.5. The van der Waals surface area contributed by atoms with Gasteiger partial charge in [-0.05, 0) is 25.2 Å². The number of hydrogen-bond donors (Lipinski definition) is 1. The second kappa shape index (κ2) is 44.5. The van der Waals surface area contributed by atoms with Gasteiger partial charge in [0.25, 0.3) is 0 Å².